The molecule has 4 heterocycles. The van der Waals surface area contributed by atoms with Gasteiger partial charge in [0.2, 0.25) is 5.89 Å². The molecule has 8 nitrogen and oxygen atoms in total. The maximum atomic E-state index is 12.6. The van der Waals surface area contributed by atoms with E-state index in [4.69, 9.17) is 13.9 Å². The number of furan rings is 1. The van der Waals surface area contributed by atoms with E-state index in [1.165, 1.54) is 11.8 Å². The van der Waals surface area contributed by atoms with Crippen molar-refractivity contribution in [1.29, 1.82) is 0 Å². The molecule has 4 aromatic heterocycles. The standard InChI is InChI=1S/C22H21N5O3/c1-14-19-17(30-21(14)22(28)25-12-18-24-9-11-29-18)6-5-15-13-27(26-20(15)19)10-7-16-4-2-3-8-23-16/h2-4,8-9,11,13H,5-7,10,12H2,1H3,(H,25,28). The minimum atomic E-state index is -0.281. The summed E-state index contributed by atoms with van der Waals surface area (Å²) in [4.78, 5) is 21.0. The summed E-state index contributed by atoms with van der Waals surface area (Å²) in [6.07, 6.45) is 9.33. The second-order valence-electron chi connectivity index (χ2n) is 7.30. The van der Waals surface area contributed by atoms with Gasteiger partial charge in [-0.15, -0.1) is 0 Å². The van der Waals surface area contributed by atoms with Gasteiger partial charge in [0.05, 0.1) is 18.4 Å². The summed E-state index contributed by atoms with van der Waals surface area (Å²) in [6, 6.07) is 5.93. The quantitative estimate of drug-likeness (QED) is 0.531. The van der Waals surface area contributed by atoms with Gasteiger partial charge in [0.1, 0.15) is 12.0 Å². The van der Waals surface area contributed by atoms with Crippen LogP contribution >= 0.6 is 0 Å². The van der Waals surface area contributed by atoms with E-state index in [-0.39, 0.29) is 12.5 Å². The molecule has 0 unspecified atom stereocenters. The van der Waals surface area contributed by atoms with Gasteiger partial charge in [-0.05, 0) is 31.0 Å². The maximum absolute atomic E-state index is 12.6. The molecule has 0 radical (unpaired) electrons. The van der Waals surface area contributed by atoms with Gasteiger partial charge in [0, 0.05) is 48.6 Å². The van der Waals surface area contributed by atoms with Crippen LogP contribution in [-0.2, 0) is 32.4 Å². The van der Waals surface area contributed by atoms with E-state index < -0.39 is 0 Å². The third-order valence-corrected chi connectivity index (χ3v) is 5.33. The molecule has 0 atom stereocenters. The number of pyridine rings is 1. The molecule has 1 N–H and O–H groups in total. The van der Waals surface area contributed by atoms with Crippen molar-refractivity contribution >= 4 is 5.91 Å². The second kappa shape index (κ2) is 7.62. The highest BCUT2D eigenvalue weighted by molar-refractivity contribution is 5.95. The lowest BCUT2D eigenvalue weighted by molar-refractivity contribution is 0.0917. The molecule has 0 bridgehead atoms. The Morgan fingerprint density at radius 2 is 2.17 bits per heavy atom. The van der Waals surface area contributed by atoms with Gasteiger partial charge in [-0.1, -0.05) is 6.07 Å². The molecule has 1 aliphatic rings. The lowest BCUT2D eigenvalue weighted by atomic mass is 9.93. The first-order chi connectivity index (χ1) is 14.7. The number of oxazole rings is 1. The summed E-state index contributed by atoms with van der Waals surface area (Å²) in [5.74, 6) is 1.31. The predicted molar refractivity (Wildman–Crippen MR) is 108 cm³/mol. The third-order valence-electron chi connectivity index (χ3n) is 5.33. The molecular formula is C22H21N5O3. The number of rotatable bonds is 6. The average molecular weight is 403 g/mol. The van der Waals surface area contributed by atoms with Gasteiger partial charge in [-0.25, -0.2) is 4.98 Å². The van der Waals surface area contributed by atoms with Crippen molar-refractivity contribution in [2.75, 3.05) is 0 Å². The van der Waals surface area contributed by atoms with Gasteiger partial charge >= 0.3 is 0 Å². The zero-order valence-electron chi connectivity index (χ0n) is 16.6. The zero-order valence-corrected chi connectivity index (χ0v) is 16.6. The minimum Gasteiger partial charge on any atom is -0.455 e. The van der Waals surface area contributed by atoms with Crippen LogP contribution in [0, 0.1) is 6.92 Å². The number of aryl methyl sites for hydroxylation is 4. The summed E-state index contributed by atoms with van der Waals surface area (Å²) in [5.41, 5.74) is 4.88. The van der Waals surface area contributed by atoms with E-state index in [0.29, 0.717) is 11.7 Å². The van der Waals surface area contributed by atoms with Crippen LogP contribution in [-0.4, -0.2) is 25.7 Å². The fraction of sp³-hybridized carbons (Fsp3) is 0.273. The molecule has 0 aliphatic heterocycles. The van der Waals surface area contributed by atoms with Crippen LogP contribution < -0.4 is 5.32 Å². The molecule has 0 saturated heterocycles. The second-order valence-corrected chi connectivity index (χ2v) is 7.30. The molecular weight excluding hydrogens is 382 g/mol. The number of amides is 1. The highest BCUT2D eigenvalue weighted by Crippen LogP contribution is 2.38. The Bertz CT molecular complexity index is 1180. The Labute approximate surface area is 172 Å². The van der Waals surface area contributed by atoms with Gasteiger partial charge in [0.25, 0.3) is 5.91 Å². The van der Waals surface area contributed by atoms with Crippen molar-refractivity contribution < 1.29 is 13.6 Å². The molecule has 0 spiro atoms. The molecule has 0 saturated carbocycles. The Hall–Kier alpha value is -3.68. The van der Waals surface area contributed by atoms with E-state index in [1.807, 2.05) is 29.8 Å². The Morgan fingerprint density at radius 1 is 1.23 bits per heavy atom. The van der Waals surface area contributed by atoms with Crippen LogP contribution in [0.2, 0.25) is 0 Å². The normalized spacial score (nSPS) is 12.4. The zero-order chi connectivity index (χ0) is 20.5. The number of hydrogen-bond acceptors (Lipinski definition) is 6. The molecule has 1 aliphatic carbocycles. The molecule has 0 aromatic carbocycles. The molecule has 0 fully saturated rings. The summed E-state index contributed by atoms with van der Waals surface area (Å²) >= 11 is 0. The summed E-state index contributed by atoms with van der Waals surface area (Å²) < 4.78 is 13.1. The van der Waals surface area contributed by atoms with Gasteiger partial charge < -0.3 is 14.2 Å². The number of nitrogens with one attached hydrogen (secondary N) is 1. The molecule has 4 aromatic rings. The summed E-state index contributed by atoms with van der Waals surface area (Å²) in [6.45, 7) is 2.87. The van der Waals surface area contributed by atoms with E-state index >= 15 is 0 Å². The van der Waals surface area contributed by atoms with Crippen molar-refractivity contribution in [1.82, 2.24) is 25.1 Å². The predicted octanol–water partition coefficient (Wildman–Crippen LogP) is 3.11. The molecule has 8 heteroatoms. The van der Waals surface area contributed by atoms with Crippen molar-refractivity contribution in [3.63, 3.8) is 0 Å². The topological polar surface area (TPSA) is 99.0 Å². The lowest BCUT2D eigenvalue weighted by Crippen LogP contribution is -2.23. The van der Waals surface area contributed by atoms with Gasteiger partial charge in [0.15, 0.2) is 5.76 Å². The maximum Gasteiger partial charge on any atom is 0.287 e. The monoisotopic (exact) mass is 403 g/mol. The minimum absolute atomic E-state index is 0.212. The molecule has 5 rings (SSSR count). The number of hydrogen-bond donors (Lipinski definition) is 1. The average Bonchev–Trinajstić information content (AvgIpc) is 3.50. The first kappa shape index (κ1) is 18.4. The Morgan fingerprint density at radius 3 is 2.97 bits per heavy atom. The van der Waals surface area contributed by atoms with Crippen molar-refractivity contribution in [3.05, 3.63) is 77.3 Å². The third kappa shape index (κ3) is 3.41. The van der Waals surface area contributed by atoms with Crippen LogP contribution in [0.5, 0.6) is 0 Å². The molecule has 152 valence electrons. The van der Waals surface area contributed by atoms with Crippen molar-refractivity contribution in [2.24, 2.45) is 0 Å². The Balaban J connectivity index is 1.36. The lowest BCUT2D eigenvalue weighted by Gasteiger charge is -2.09. The van der Waals surface area contributed by atoms with Gasteiger partial charge in [-0.2, -0.15) is 5.10 Å². The SMILES string of the molecule is Cc1c(C(=O)NCc2ncco2)oc2c1-c1nn(CCc3ccccn3)cc1CC2. The van der Waals surface area contributed by atoms with Crippen LogP contribution in [0.4, 0.5) is 0 Å². The van der Waals surface area contributed by atoms with E-state index in [1.54, 1.807) is 12.4 Å². The number of aromatic nitrogens is 4. The number of carbonyl (C=O) groups is 1. The number of nitrogens with zero attached hydrogens (tertiary/aromatic N) is 4. The Kier molecular flexibility index (Phi) is 4.66. The van der Waals surface area contributed by atoms with E-state index in [2.05, 4.69) is 21.5 Å². The summed E-state index contributed by atoms with van der Waals surface area (Å²) in [5, 5.41) is 7.60. The first-order valence-electron chi connectivity index (χ1n) is 9.94. The number of carbonyl (C=O) groups excluding carboxylic acids is 1. The van der Waals surface area contributed by atoms with Crippen molar-refractivity contribution in [3.8, 4) is 11.3 Å². The first-order valence-corrected chi connectivity index (χ1v) is 9.94. The van der Waals surface area contributed by atoms with Crippen LogP contribution in [0.1, 0.15) is 39.0 Å². The largest absolute Gasteiger partial charge is 0.455 e. The highest BCUT2D eigenvalue weighted by Gasteiger charge is 2.29. The van der Waals surface area contributed by atoms with Crippen LogP contribution in [0.15, 0.2) is 51.9 Å². The van der Waals surface area contributed by atoms with Crippen molar-refractivity contribution in [2.45, 2.75) is 39.3 Å². The fourth-order valence-corrected chi connectivity index (χ4v) is 3.85. The van der Waals surface area contributed by atoms with Crippen LogP contribution in [0.3, 0.4) is 0 Å². The molecule has 1 amide bonds. The highest BCUT2D eigenvalue weighted by atomic mass is 16.4. The summed E-state index contributed by atoms with van der Waals surface area (Å²) in [7, 11) is 0. The van der Waals surface area contributed by atoms with Crippen LogP contribution in [0.25, 0.3) is 11.3 Å². The molecule has 30 heavy (non-hydrogen) atoms. The van der Waals surface area contributed by atoms with E-state index in [0.717, 1.165) is 54.1 Å². The smallest absolute Gasteiger partial charge is 0.287 e. The van der Waals surface area contributed by atoms with E-state index in [9.17, 15) is 4.79 Å². The fourth-order valence-electron chi connectivity index (χ4n) is 3.85. The van der Waals surface area contributed by atoms with Gasteiger partial charge in [-0.3, -0.25) is 14.5 Å². The number of fused-ring (bicyclic) bond motifs is 3.